The first kappa shape index (κ1) is 24.3. The Kier molecular flexibility index (Phi) is 7.51. The van der Waals surface area contributed by atoms with Gasteiger partial charge in [-0.05, 0) is 32.0 Å². The van der Waals surface area contributed by atoms with Gasteiger partial charge in [0.25, 0.3) is 5.91 Å². The number of anilines is 1. The van der Waals surface area contributed by atoms with Crippen LogP contribution < -0.4 is 20.5 Å². The Morgan fingerprint density at radius 2 is 1.82 bits per heavy atom. The molecule has 3 aromatic rings. The molecule has 12 heteroatoms. The fraction of sp³-hybridized carbons (Fsp3) is 0.318. The third-order valence-electron chi connectivity index (χ3n) is 4.68. The van der Waals surface area contributed by atoms with Crippen molar-refractivity contribution >= 4 is 34.8 Å². The second-order valence-electron chi connectivity index (χ2n) is 6.87. The van der Waals surface area contributed by atoms with E-state index in [0.717, 1.165) is 0 Å². The summed E-state index contributed by atoms with van der Waals surface area (Å²) in [6, 6.07) is 4.60. The summed E-state index contributed by atoms with van der Waals surface area (Å²) in [4.78, 5) is 44.8. The SMILES string of the molecule is CCOC(=O)c1c(C)oc2nc(COC(=O)CNC(=O)c3ccc(OC)c(OC)c3)nc(N)c12. The number of fused-ring (bicyclic) bond motifs is 1. The molecule has 0 bridgehead atoms. The van der Waals surface area contributed by atoms with E-state index in [0.29, 0.717) is 11.5 Å². The Morgan fingerprint density at radius 3 is 2.50 bits per heavy atom. The van der Waals surface area contributed by atoms with Crippen LogP contribution in [0, 0.1) is 6.92 Å². The van der Waals surface area contributed by atoms with E-state index in [1.165, 1.54) is 26.4 Å². The number of furan rings is 1. The van der Waals surface area contributed by atoms with Crippen molar-refractivity contribution in [3.8, 4) is 11.5 Å². The fourth-order valence-corrected chi connectivity index (χ4v) is 3.13. The molecule has 0 radical (unpaired) electrons. The lowest BCUT2D eigenvalue weighted by Crippen LogP contribution is -2.30. The van der Waals surface area contributed by atoms with E-state index in [2.05, 4.69) is 15.3 Å². The van der Waals surface area contributed by atoms with Crippen molar-refractivity contribution in [2.24, 2.45) is 0 Å². The number of hydrogen-bond acceptors (Lipinski definition) is 11. The van der Waals surface area contributed by atoms with Crippen LogP contribution in [-0.4, -0.2) is 55.2 Å². The quantitative estimate of drug-likeness (QED) is 0.436. The molecule has 1 aromatic carbocycles. The molecule has 0 aliphatic rings. The van der Waals surface area contributed by atoms with E-state index in [-0.39, 0.29) is 52.8 Å². The van der Waals surface area contributed by atoms with Crippen LogP contribution in [0.2, 0.25) is 0 Å². The Bertz CT molecular complexity index is 1240. The van der Waals surface area contributed by atoms with Gasteiger partial charge in [0.05, 0.1) is 26.2 Å². The first-order valence-corrected chi connectivity index (χ1v) is 10.2. The average Bonchev–Trinajstić information content (AvgIpc) is 3.17. The summed E-state index contributed by atoms with van der Waals surface area (Å²) < 4.78 is 25.9. The molecule has 2 aromatic heterocycles. The van der Waals surface area contributed by atoms with Crippen molar-refractivity contribution in [1.29, 1.82) is 0 Å². The van der Waals surface area contributed by atoms with Crippen molar-refractivity contribution in [2.45, 2.75) is 20.5 Å². The summed E-state index contributed by atoms with van der Waals surface area (Å²) in [5.41, 5.74) is 6.48. The Labute approximate surface area is 194 Å². The predicted molar refractivity (Wildman–Crippen MR) is 119 cm³/mol. The van der Waals surface area contributed by atoms with E-state index in [4.69, 9.17) is 29.1 Å². The molecule has 0 saturated carbocycles. The summed E-state index contributed by atoms with van der Waals surface area (Å²) >= 11 is 0. The van der Waals surface area contributed by atoms with Crippen molar-refractivity contribution < 1.29 is 37.7 Å². The molecule has 0 unspecified atom stereocenters. The third-order valence-corrected chi connectivity index (χ3v) is 4.68. The lowest BCUT2D eigenvalue weighted by molar-refractivity contribution is -0.143. The molecule has 0 fully saturated rings. The van der Waals surface area contributed by atoms with Crippen LogP contribution in [0.15, 0.2) is 22.6 Å². The zero-order chi connectivity index (χ0) is 24.8. The number of nitrogen functional groups attached to an aromatic ring is 1. The van der Waals surface area contributed by atoms with Crippen LogP contribution in [0.3, 0.4) is 0 Å². The molecule has 1 amide bonds. The van der Waals surface area contributed by atoms with Crippen LogP contribution in [0.25, 0.3) is 11.1 Å². The van der Waals surface area contributed by atoms with Crippen molar-refractivity contribution in [1.82, 2.24) is 15.3 Å². The Morgan fingerprint density at radius 1 is 1.09 bits per heavy atom. The number of carbonyl (C=O) groups excluding carboxylic acids is 3. The normalized spacial score (nSPS) is 10.6. The number of nitrogens with one attached hydrogen (secondary N) is 1. The molecule has 0 atom stereocenters. The van der Waals surface area contributed by atoms with E-state index < -0.39 is 24.4 Å². The minimum Gasteiger partial charge on any atom is -0.493 e. The van der Waals surface area contributed by atoms with Crippen molar-refractivity contribution in [3.05, 3.63) is 40.9 Å². The molecule has 0 aliphatic heterocycles. The molecule has 0 saturated heterocycles. The number of benzene rings is 1. The molecular weight excluding hydrogens is 448 g/mol. The van der Waals surface area contributed by atoms with Gasteiger partial charge in [-0.25, -0.2) is 9.78 Å². The van der Waals surface area contributed by atoms with Crippen LogP contribution in [0.5, 0.6) is 11.5 Å². The number of esters is 2. The molecule has 34 heavy (non-hydrogen) atoms. The monoisotopic (exact) mass is 472 g/mol. The summed E-state index contributed by atoms with van der Waals surface area (Å²) in [6.07, 6.45) is 0. The number of carbonyl (C=O) groups is 3. The number of amides is 1. The molecule has 3 N–H and O–H groups in total. The molecule has 180 valence electrons. The molecule has 3 rings (SSSR count). The summed E-state index contributed by atoms with van der Waals surface area (Å²) in [5, 5.41) is 2.68. The van der Waals surface area contributed by atoms with Gasteiger partial charge < -0.3 is 34.4 Å². The maximum atomic E-state index is 12.3. The van der Waals surface area contributed by atoms with Gasteiger partial charge in [0, 0.05) is 5.56 Å². The average molecular weight is 472 g/mol. The van der Waals surface area contributed by atoms with Gasteiger partial charge in [0.2, 0.25) is 5.71 Å². The van der Waals surface area contributed by atoms with Gasteiger partial charge in [-0.2, -0.15) is 4.98 Å². The summed E-state index contributed by atoms with van der Waals surface area (Å²) in [7, 11) is 2.93. The van der Waals surface area contributed by atoms with Crippen molar-refractivity contribution in [3.63, 3.8) is 0 Å². The fourth-order valence-electron chi connectivity index (χ4n) is 3.13. The second kappa shape index (κ2) is 10.5. The second-order valence-corrected chi connectivity index (χ2v) is 6.87. The highest BCUT2D eigenvalue weighted by Crippen LogP contribution is 2.29. The molecular formula is C22H24N4O8. The standard InChI is InChI=1S/C22H24N4O8/c1-5-32-22(29)17-11(2)34-21-18(17)19(23)25-15(26-21)10-33-16(27)9-24-20(28)12-6-7-13(30-3)14(8-12)31-4/h6-8H,5,9-10H2,1-4H3,(H,24,28)(H2,23,25,26). The van der Waals surface area contributed by atoms with Crippen LogP contribution in [0.1, 0.15) is 39.2 Å². The minimum absolute atomic E-state index is 0.0160. The number of methoxy groups -OCH3 is 2. The molecule has 0 aliphatic carbocycles. The highest BCUT2D eigenvalue weighted by atomic mass is 16.5. The van der Waals surface area contributed by atoms with E-state index in [1.54, 1.807) is 19.9 Å². The zero-order valence-electron chi connectivity index (χ0n) is 19.1. The Balaban J connectivity index is 1.62. The smallest absolute Gasteiger partial charge is 0.342 e. The number of nitrogens with zero attached hydrogens (tertiary/aromatic N) is 2. The van der Waals surface area contributed by atoms with Crippen molar-refractivity contribution in [2.75, 3.05) is 33.1 Å². The van der Waals surface area contributed by atoms with Gasteiger partial charge >= 0.3 is 11.9 Å². The van der Waals surface area contributed by atoms with Gasteiger partial charge in [-0.3, -0.25) is 9.59 Å². The highest BCUT2D eigenvalue weighted by molar-refractivity contribution is 6.07. The van der Waals surface area contributed by atoms with E-state index in [9.17, 15) is 14.4 Å². The third kappa shape index (κ3) is 5.17. The zero-order valence-corrected chi connectivity index (χ0v) is 19.1. The largest absolute Gasteiger partial charge is 0.493 e. The first-order valence-electron chi connectivity index (χ1n) is 10.2. The maximum Gasteiger partial charge on any atom is 0.342 e. The van der Waals surface area contributed by atoms with Crippen LogP contribution >= 0.6 is 0 Å². The number of hydrogen-bond donors (Lipinski definition) is 2. The molecule has 2 heterocycles. The number of nitrogens with two attached hydrogens (primary N) is 1. The van der Waals surface area contributed by atoms with E-state index in [1.807, 2.05) is 0 Å². The first-order chi connectivity index (χ1) is 16.3. The topological polar surface area (TPSA) is 165 Å². The lowest BCUT2D eigenvalue weighted by atomic mass is 10.2. The lowest BCUT2D eigenvalue weighted by Gasteiger charge is -2.10. The molecule has 0 spiro atoms. The number of aromatic nitrogens is 2. The van der Waals surface area contributed by atoms with E-state index >= 15 is 0 Å². The van der Waals surface area contributed by atoms with Gasteiger partial charge in [0.1, 0.15) is 23.7 Å². The van der Waals surface area contributed by atoms with Gasteiger partial charge in [-0.15, -0.1) is 0 Å². The summed E-state index contributed by atoms with van der Waals surface area (Å²) in [5.74, 6) is -0.652. The number of aryl methyl sites for hydroxylation is 1. The van der Waals surface area contributed by atoms with Crippen LogP contribution in [0.4, 0.5) is 5.82 Å². The summed E-state index contributed by atoms with van der Waals surface area (Å²) in [6.45, 7) is 2.73. The Hall–Kier alpha value is -4.35. The maximum absolute atomic E-state index is 12.3. The number of rotatable bonds is 9. The minimum atomic E-state index is -0.723. The number of ether oxygens (including phenoxy) is 4. The van der Waals surface area contributed by atoms with Gasteiger partial charge in [-0.1, -0.05) is 0 Å². The predicted octanol–water partition coefficient (Wildman–Crippen LogP) is 1.78. The van der Waals surface area contributed by atoms with Crippen LogP contribution in [-0.2, 0) is 20.9 Å². The van der Waals surface area contributed by atoms with Gasteiger partial charge in [0.15, 0.2) is 23.9 Å². The highest BCUT2D eigenvalue weighted by Gasteiger charge is 2.24. The molecule has 12 nitrogen and oxygen atoms in total.